The highest BCUT2D eigenvalue weighted by molar-refractivity contribution is 6.31. The topological polar surface area (TPSA) is 69.7 Å². The van der Waals surface area contributed by atoms with E-state index in [0.29, 0.717) is 16.4 Å². The van der Waals surface area contributed by atoms with Gasteiger partial charge in [0, 0.05) is 16.4 Å². The zero-order valence-electron chi connectivity index (χ0n) is 14.7. The molecule has 0 bridgehead atoms. The van der Waals surface area contributed by atoms with Crippen molar-refractivity contribution in [2.45, 2.75) is 19.9 Å². The highest BCUT2D eigenvalue weighted by atomic mass is 35.5. The first-order valence-corrected chi connectivity index (χ1v) is 8.62. The van der Waals surface area contributed by atoms with Gasteiger partial charge in [-0.2, -0.15) is 0 Å². The lowest BCUT2D eigenvalue weighted by Crippen LogP contribution is -2.39. The van der Waals surface area contributed by atoms with Gasteiger partial charge in [0.15, 0.2) is 0 Å². The highest BCUT2D eigenvalue weighted by Gasteiger charge is 2.44. The maximum atomic E-state index is 13.1. The average molecular weight is 390 g/mol. The van der Waals surface area contributed by atoms with Crippen LogP contribution in [0.4, 0.5) is 20.6 Å². The molecule has 8 heteroatoms. The molecule has 2 aromatic carbocycles. The van der Waals surface area contributed by atoms with Crippen LogP contribution in [0.3, 0.4) is 0 Å². The first-order chi connectivity index (χ1) is 12.8. The largest absolute Gasteiger partial charge is 0.332 e. The Labute approximate surface area is 160 Å². The molecule has 1 heterocycles. The van der Waals surface area contributed by atoms with E-state index in [-0.39, 0.29) is 0 Å². The van der Waals surface area contributed by atoms with Gasteiger partial charge in [-0.25, -0.2) is 9.18 Å². The molecule has 0 radical (unpaired) electrons. The molecule has 27 heavy (non-hydrogen) atoms. The molecule has 4 amide bonds. The number of hydrogen-bond acceptors (Lipinski definition) is 3. The Morgan fingerprint density at radius 1 is 1.19 bits per heavy atom. The van der Waals surface area contributed by atoms with Crippen LogP contribution >= 0.6 is 11.6 Å². The predicted octanol–water partition coefficient (Wildman–Crippen LogP) is 3.58. The Bertz CT molecular complexity index is 917. The number of benzene rings is 2. The number of nitrogens with zero attached hydrogens (tertiary/aromatic N) is 2. The summed E-state index contributed by atoms with van der Waals surface area (Å²) in [5.74, 6) is -1.47. The number of anilines is 2. The molecular formula is C19H17ClFN3O3. The molecule has 0 saturated carbocycles. The van der Waals surface area contributed by atoms with Crippen LogP contribution in [0, 0.1) is 12.7 Å². The Hall–Kier alpha value is -2.93. The number of amides is 4. The maximum Gasteiger partial charge on any atom is 0.332 e. The summed E-state index contributed by atoms with van der Waals surface area (Å²) < 4.78 is 13.1. The van der Waals surface area contributed by atoms with Gasteiger partial charge < -0.3 is 5.32 Å². The summed E-state index contributed by atoms with van der Waals surface area (Å²) >= 11 is 6.03. The van der Waals surface area contributed by atoms with Gasteiger partial charge in [-0.15, -0.1) is 0 Å². The average Bonchev–Trinajstić information content (AvgIpc) is 2.83. The highest BCUT2D eigenvalue weighted by Crippen LogP contribution is 2.26. The molecule has 0 unspecified atom stereocenters. The summed E-state index contributed by atoms with van der Waals surface area (Å²) in [7, 11) is 0. The number of halogens is 2. The van der Waals surface area contributed by atoms with Gasteiger partial charge in [-0.3, -0.25) is 19.4 Å². The number of imide groups is 1. The van der Waals surface area contributed by atoms with E-state index >= 15 is 0 Å². The van der Waals surface area contributed by atoms with E-state index in [4.69, 9.17) is 11.6 Å². The van der Waals surface area contributed by atoms with Crippen molar-refractivity contribution >= 4 is 40.8 Å². The molecule has 0 spiro atoms. The summed E-state index contributed by atoms with van der Waals surface area (Å²) in [5.41, 5.74) is 1.72. The van der Waals surface area contributed by atoms with Crippen LogP contribution in [0.5, 0.6) is 0 Å². The van der Waals surface area contributed by atoms with Crippen LogP contribution < -0.4 is 10.2 Å². The second-order valence-corrected chi connectivity index (χ2v) is 6.65. The first-order valence-electron chi connectivity index (χ1n) is 8.24. The monoisotopic (exact) mass is 389 g/mol. The van der Waals surface area contributed by atoms with Gasteiger partial charge in [-0.05, 0) is 55.8 Å². The molecule has 1 aliphatic rings. The fourth-order valence-electron chi connectivity index (χ4n) is 2.82. The summed E-state index contributed by atoms with van der Waals surface area (Å²) in [6.07, 6.45) is 0. The van der Waals surface area contributed by atoms with Gasteiger partial charge in [0.05, 0.1) is 0 Å². The third-order valence-electron chi connectivity index (χ3n) is 4.31. The van der Waals surface area contributed by atoms with Gasteiger partial charge in [0.2, 0.25) is 5.91 Å². The number of aryl methyl sites for hydroxylation is 1. The van der Waals surface area contributed by atoms with E-state index in [9.17, 15) is 18.8 Å². The lowest BCUT2D eigenvalue weighted by Gasteiger charge is -2.19. The van der Waals surface area contributed by atoms with E-state index in [2.05, 4.69) is 5.32 Å². The van der Waals surface area contributed by atoms with E-state index in [1.807, 2.05) is 6.92 Å². The summed E-state index contributed by atoms with van der Waals surface area (Å²) in [4.78, 5) is 39.5. The number of rotatable bonds is 4. The van der Waals surface area contributed by atoms with Crippen molar-refractivity contribution in [2.75, 3.05) is 16.8 Å². The van der Waals surface area contributed by atoms with Crippen LogP contribution in [0.15, 0.2) is 42.5 Å². The number of hydrogen-bond donors (Lipinski definition) is 1. The molecule has 6 nitrogen and oxygen atoms in total. The van der Waals surface area contributed by atoms with Crippen molar-refractivity contribution < 1.29 is 18.8 Å². The molecule has 140 valence electrons. The maximum absolute atomic E-state index is 13.1. The lowest BCUT2D eigenvalue weighted by atomic mass is 10.2. The molecule has 1 aliphatic heterocycles. The van der Waals surface area contributed by atoms with Crippen molar-refractivity contribution in [3.05, 3.63) is 58.9 Å². The Morgan fingerprint density at radius 2 is 1.85 bits per heavy atom. The fourth-order valence-corrected chi connectivity index (χ4v) is 3.00. The third-order valence-corrected chi connectivity index (χ3v) is 4.72. The van der Waals surface area contributed by atoms with Gasteiger partial charge in [0.25, 0.3) is 5.91 Å². The van der Waals surface area contributed by atoms with Gasteiger partial charge >= 0.3 is 6.03 Å². The van der Waals surface area contributed by atoms with Crippen LogP contribution in [0.1, 0.15) is 12.5 Å². The molecule has 0 aromatic heterocycles. The van der Waals surface area contributed by atoms with Crippen molar-refractivity contribution in [3.8, 4) is 0 Å². The Morgan fingerprint density at radius 3 is 2.48 bits per heavy atom. The normalized spacial score (nSPS) is 16.8. The van der Waals surface area contributed by atoms with E-state index < -0.39 is 36.2 Å². The minimum atomic E-state index is -0.787. The quantitative estimate of drug-likeness (QED) is 0.812. The molecule has 1 N–H and O–H groups in total. The minimum absolute atomic E-state index is 0.385. The van der Waals surface area contributed by atoms with Crippen molar-refractivity contribution in [1.82, 2.24) is 4.90 Å². The molecule has 0 aliphatic carbocycles. The zero-order chi connectivity index (χ0) is 19.7. The second-order valence-electron chi connectivity index (χ2n) is 6.24. The summed E-state index contributed by atoms with van der Waals surface area (Å²) in [6, 6.07) is 8.84. The first kappa shape index (κ1) is 18.8. The summed E-state index contributed by atoms with van der Waals surface area (Å²) in [5, 5.41) is 3.11. The van der Waals surface area contributed by atoms with Crippen molar-refractivity contribution in [3.63, 3.8) is 0 Å². The second kappa shape index (κ2) is 7.36. The van der Waals surface area contributed by atoms with Crippen molar-refractivity contribution in [2.24, 2.45) is 0 Å². The standard InChI is InChI=1S/C19H17ClFN3O3/c1-11-3-6-14(9-16(11)20)22-17(25)10-23-18(26)12(2)24(19(23)27)15-7-4-13(21)5-8-15/h3-9,12H,10H2,1-2H3,(H,22,25)/t12-/m1/s1. The van der Waals surface area contributed by atoms with Crippen LogP contribution in [0.25, 0.3) is 0 Å². The Balaban J connectivity index is 1.73. The SMILES string of the molecule is Cc1ccc(NC(=O)CN2C(=O)[C@@H](C)N(c3ccc(F)cc3)C2=O)cc1Cl. The smallest absolute Gasteiger partial charge is 0.324 e. The molecule has 1 saturated heterocycles. The van der Waals surface area contributed by atoms with E-state index in [1.165, 1.54) is 29.2 Å². The molecule has 2 aromatic rings. The molecule has 1 fully saturated rings. The fraction of sp³-hybridized carbons (Fsp3) is 0.211. The van der Waals surface area contributed by atoms with Gasteiger partial charge in [-0.1, -0.05) is 17.7 Å². The predicted molar refractivity (Wildman–Crippen MR) is 100 cm³/mol. The number of carbonyl (C=O) groups excluding carboxylic acids is 3. The lowest BCUT2D eigenvalue weighted by molar-refractivity contribution is -0.130. The molecule has 1 atom stereocenters. The van der Waals surface area contributed by atoms with E-state index in [0.717, 1.165) is 10.5 Å². The zero-order valence-corrected chi connectivity index (χ0v) is 15.5. The van der Waals surface area contributed by atoms with Crippen LogP contribution in [0.2, 0.25) is 5.02 Å². The van der Waals surface area contributed by atoms with Crippen LogP contribution in [-0.2, 0) is 9.59 Å². The van der Waals surface area contributed by atoms with Crippen LogP contribution in [-0.4, -0.2) is 35.3 Å². The Kier molecular flexibility index (Phi) is 5.14. The molecular weight excluding hydrogens is 373 g/mol. The number of urea groups is 1. The minimum Gasteiger partial charge on any atom is -0.324 e. The van der Waals surface area contributed by atoms with Crippen molar-refractivity contribution in [1.29, 1.82) is 0 Å². The molecule has 3 rings (SSSR count). The third kappa shape index (κ3) is 3.78. The van der Waals surface area contributed by atoms with Gasteiger partial charge in [0.1, 0.15) is 18.4 Å². The van der Waals surface area contributed by atoms with E-state index in [1.54, 1.807) is 25.1 Å². The number of nitrogens with one attached hydrogen (secondary N) is 1. The summed E-state index contributed by atoms with van der Waals surface area (Å²) in [6.45, 7) is 2.97. The number of carbonyl (C=O) groups is 3.